The Balaban J connectivity index is 1.51. The first-order valence-corrected chi connectivity index (χ1v) is 9.56. The number of urea groups is 1. The predicted octanol–water partition coefficient (Wildman–Crippen LogP) is 4.76. The van der Waals surface area contributed by atoms with Crippen LogP contribution in [-0.4, -0.2) is 26.7 Å². The molecule has 134 valence electrons. The fraction of sp³-hybridized carbons (Fsp3) is 0.0500. The molecule has 0 fully saturated rings. The Morgan fingerprint density at radius 3 is 2.59 bits per heavy atom. The van der Waals surface area contributed by atoms with Crippen LogP contribution in [0.4, 0.5) is 16.2 Å². The third-order valence-corrected chi connectivity index (χ3v) is 4.70. The van der Waals surface area contributed by atoms with Crippen LogP contribution in [0.5, 0.6) is 0 Å². The first kappa shape index (κ1) is 17.1. The van der Waals surface area contributed by atoms with Crippen molar-refractivity contribution in [2.75, 3.05) is 16.9 Å². The normalized spacial score (nSPS) is 10.7. The number of thioether (sulfide) groups is 1. The van der Waals surface area contributed by atoms with Crippen LogP contribution in [0.2, 0.25) is 0 Å². The lowest BCUT2D eigenvalue weighted by molar-refractivity contribution is 0.262. The molecule has 2 heterocycles. The number of hydrogen-bond donors (Lipinski definition) is 2. The smallest absolute Gasteiger partial charge is 0.308 e. The molecule has 0 aliphatic rings. The summed E-state index contributed by atoms with van der Waals surface area (Å²) in [6.45, 7) is 0. The first-order valence-electron chi connectivity index (χ1n) is 8.33. The third-order valence-electron chi connectivity index (χ3n) is 3.98. The summed E-state index contributed by atoms with van der Waals surface area (Å²) in [6, 6.07) is 16.8. The molecular formula is C20H17N5OS. The molecule has 0 saturated heterocycles. The summed E-state index contributed by atoms with van der Waals surface area (Å²) >= 11 is 1.63. The average molecular weight is 375 g/mol. The molecule has 0 saturated carbocycles. The minimum absolute atomic E-state index is 0.290. The standard InChI is InChI=1S/C20H17N5OS/c1-27-17-8-3-7-16(12-17)23-20(26)22-15-6-2-5-14(11-15)18-13-25-10-4-9-21-19(25)24-18/h2-13H,1H3,(H2,22,23,26). The van der Waals surface area contributed by atoms with Crippen LogP contribution >= 0.6 is 11.8 Å². The zero-order valence-corrected chi connectivity index (χ0v) is 15.4. The highest BCUT2D eigenvalue weighted by atomic mass is 32.2. The van der Waals surface area contributed by atoms with E-state index in [-0.39, 0.29) is 6.03 Å². The van der Waals surface area contributed by atoms with Gasteiger partial charge in [0.25, 0.3) is 0 Å². The second kappa shape index (κ2) is 7.51. The number of hydrogen-bond acceptors (Lipinski definition) is 4. The summed E-state index contributed by atoms with van der Waals surface area (Å²) in [5.41, 5.74) is 3.14. The van der Waals surface area contributed by atoms with E-state index >= 15 is 0 Å². The number of carbonyl (C=O) groups is 1. The molecule has 27 heavy (non-hydrogen) atoms. The quantitative estimate of drug-likeness (QED) is 0.504. The number of nitrogens with one attached hydrogen (secondary N) is 2. The summed E-state index contributed by atoms with van der Waals surface area (Å²) in [4.78, 5) is 22.1. The zero-order chi connectivity index (χ0) is 18.6. The molecule has 0 atom stereocenters. The highest BCUT2D eigenvalue weighted by molar-refractivity contribution is 7.98. The molecule has 6 nitrogen and oxygen atoms in total. The fourth-order valence-corrected chi connectivity index (χ4v) is 3.18. The van der Waals surface area contributed by atoms with E-state index in [2.05, 4.69) is 20.6 Å². The number of anilines is 2. The minimum Gasteiger partial charge on any atom is -0.308 e. The van der Waals surface area contributed by atoms with Crippen LogP contribution in [0.25, 0.3) is 17.0 Å². The Hall–Kier alpha value is -3.32. The van der Waals surface area contributed by atoms with Gasteiger partial charge >= 0.3 is 6.03 Å². The van der Waals surface area contributed by atoms with Gasteiger partial charge < -0.3 is 10.6 Å². The summed E-state index contributed by atoms with van der Waals surface area (Å²) in [5, 5.41) is 5.72. The van der Waals surface area contributed by atoms with E-state index in [0.29, 0.717) is 11.5 Å². The van der Waals surface area contributed by atoms with Gasteiger partial charge in [-0.3, -0.25) is 4.40 Å². The number of rotatable bonds is 4. The van der Waals surface area contributed by atoms with E-state index < -0.39 is 0 Å². The monoisotopic (exact) mass is 375 g/mol. The van der Waals surface area contributed by atoms with Gasteiger partial charge in [0.05, 0.1) is 5.69 Å². The topological polar surface area (TPSA) is 71.3 Å². The van der Waals surface area contributed by atoms with Gasteiger partial charge in [0.15, 0.2) is 0 Å². The molecule has 2 amide bonds. The molecule has 0 bridgehead atoms. The Kier molecular flexibility index (Phi) is 4.76. The second-order valence-corrected chi connectivity index (χ2v) is 6.72. The molecule has 0 aliphatic carbocycles. The highest BCUT2D eigenvalue weighted by Gasteiger charge is 2.08. The van der Waals surface area contributed by atoms with Gasteiger partial charge in [-0.1, -0.05) is 18.2 Å². The van der Waals surface area contributed by atoms with Crippen molar-refractivity contribution in [2.24, 2.45) is 0 Å². The van der Waals surface area contributed by atoms with E-state index in [1.807, 2.05) is 77.6 Å². The zero-order valence-electron chi connectivity index (χ0n) is 14.6. The molecule has 0 spiro atoms. The van der Waals surface area contributed by atoms with Gasteiger partial charge in [-0.05, 0) is 42.7 Å². The van der Waals surface area contributed by atoms with Crippen LogP contribution < -0.4 is 10.6 Å². The van der Waals surface area contributed by atoms with Crippen molar-refractivity contribution in [1.29, 1.82) is 0 Å². The molecule has 0 unspecified atom stereocenters. The van der Waals surface area contributed by atoms with Crippen molar-refractivity contribution in [3.05, 3.63) is 73.2 Å². The van der Waals surface area contributed by atoms with Crippen molar-refractivity contribution >= 4 is 34.9 Å². The SMILES string of the molecule is CSc1cccc(NC(=O)Nc2cccc(-c3cn4cccnc4n3)c2)c1. The second-order valence-electron chi connectivity index (χ2n) is 5.84. The fourth-order valence-electron chi connectivity index (χ4n) is 2.72. The Morgan fingerprint density at radius 1 is 1.04 bits per heavy atom. The van der Waals surface area contributed by atoms with Crippen LogP contribution in [-0.2, 0) is 0 Å². The van der Waals surface area contributed by atoms with Gasteiger partial charge in [0.1, 0.15) is 0 Å². The molecule has 0 aliphatic heterocycles. The first-order chi connectivity index (χ1) is 13.2. The number of amides is 2. The van der Waals surface area contributed by atoms with Crippen LogP contribution in [0.15, 0.2) is 78.1 Å². The van der Waals surface area contributed by atoms with Gasteiger partial charge in [-0.25, -0.2) is 14.8 Å². The molecule has 4 aromatic rings. The summed E-state index contributed by atoms with van der Waals surface area (Å²) in [7, 11) is 0. The Morgan fingerprint density at radius 2 is 1.81 bits per heavy atom. The van der Waals surface area contributed by atoms with Crippen molar-refractivity contribution in [3.63, 3.8) is 0 Å². The molecule has 7 heteroatoms. The Labute approximate surface area is 160 Å². The number of fused-ring (bicyclic) bond motifs is 1. The maximum absolute atomic E-state index is 12.3. The molecule has 2 aromatic carbocycles. The number of imidazole rings is 1. The van der Waals surface area contributed by atoms with Crippen LogP contribution in [0.1, 0.15) is 0 Å². The van der Waals surface area contributed by atoms with Crippen molar-refractivity contribution < 1.29 is 4.79 Å². The maximum atomic E-state index is 12.3. The van der Waals surface area contributed by atoms with E-state index in [1.165, 1.54) is 0 Å². The van der Waals surface area contributed by atoms with Gasteiger partial charge in [-0.15, -0.1) is 11.8 Å². The lowest BCUT2D eigenvalue weighted by Crippen LogP contribution is -2.19. The summed E-state index contributed by atoms with van der Waals surface area (Å²) in [6.07, 6.45) is 7.52. The molecule has 2 aromatic heterocycles. The number of nitrogens with zero attached hydrogens (tertiary/aromatic N) is 3. The molecule has 4 rings (SSSR count). The van der Waals surface area contributed by atoms with Crippen molar-refractivity contribution in [3.8, 4) is 11.3 Å². The summed E-state index contributed by atoms with van der Waals surface area (Å²) in [5.74, 6) is 0.636. The van der Waals surface area contributed by atoms with E-state index in [0.717, 1.165) is 21.8 Å². The average Bonchev–Trinajstić information content (AvgIpc) is 3.12. The predicted molar refractivity (Wildman–Crippen MR) is 109 cm³/mol. The largest absolute Gasteiger partial charge is 0.323 e. The van der Waals surface area contributed by atoms with Crippen LogP contribution in [0, 0.1) is 0 Å². The number of aromatic nitrogens is 3. The minimum atomic E-state index is -0.290. The van der Waals surface area contributed by atoms with Gasteiger partial charge in [0.2, 0.25) is 5.78 Å². The highest BCUT2D eigenvalue weighted by Crippen LogP contribution is 2.23. The maximum Gasteiger partial charge on any atom is 0.323 e. The van der Waals surface area contributed by atoms with Gasteiger partial charge in [-0.2, -0.15) is 0 Å². The van der Waals surface area contributed by atoms with E-state index in [4.69, 9.17) is 0 Å². The number of carbonyl (C=O) groups excluding carboxylic acids is 1. The summed E-state index contributed by atoms with van der Waals surface area (Å²) < 4.78 is 1.86. The molecular weight excluding hydrogens is 358 g/mol. The van der Waals surface area contributed by atoms with E-state index in [1.54, 1.807) is 18.0 Å². The Bertz CT molecular complexity index is 1080. The van der Waals surface area contributed by atoms with Gasteiger partial charge in [0, 0.05) is 40.4 Å². The van der Waals surface area contributed by atoms with Crippen LogP contribution in [0.3, 0.4) is 0 Å². The van der Waals surface area contributed by atoms with E-state index in [9.17, 15) is 4.79 Å². The number of benzene rings is 2. The van der Waals surface area contributed by atoms with Crippen molar-refractivity contribution in [2.45, 2.75) is 4.90 Å². The lowest BCUT2D eigenvalue weighted by Gasteiger charge is -2.09. The molecule has 0 radical (unpaired) electrons. The molecule has 2 N–H and O–H groups in total. The lowest BCUT2D eigenvalue weighted by atomic mass is 10.1. The van der Waals surface area contributed by atoms with Crippen molar-refractivity contribution in [1.82, 2.24) is 14.4 Å². The third kappa shape index (κ3) is 3.93.